The highest BCUT2D eigenvalue weighted by atomic mass is 19.4. The van der Waals surface area contributed by atoms with Gasteiger partial charge in [0.1, 0.15) is 11.6 Å². The highest BCUT2D eigenvalue weighted by Crippen LogP contribution is 2.35. The maximum Gasteiger partial charge on any atom is 0.417 e. The summed E-state index contributed by atoms with van der Waals surface area (Å²) in [6.07, 6.45) is -3.08. The van der Waals surface area contributed by atoms with E-state index in [0.29, 0.717) is 31.7 Å². The first-order chi connectivity index (χ1) is 19.5. The number of benzene rings is 2. The summed E-state index contributed by atoms with van der Waals surface area (Å²) in [7, 11) is 0. The van der Waals surface area contributed by atoms with E-state index in [1.54, 1.807) is 11.1 Å². The van der Waals surface area contributed by atoms with E-state index in [4.69, 9.17) is 0 Å². The summed E-state index contributed by atoms with van der Waals surface area (Å²) in [5.41, 5.74) is -0.552. The third kappa shape index (κ3) is 5.77. The van der Waals surface area contributed by atoms with E-state index in [1.165, 1.54) is 25.1 Å². The van der Waals surface area contributed by atoms with Gasteiger partial charge in [-0.1, -0.05) is 18.1 Å². The van der Waals surface area contributed by atoms with Crippen LogP contribution >= 0.6 is 0 Å². The molecule has 0 radical (unpaired) electrons. The first-order valence-electron chi connectivity index (χ1n) is 12.9. The van der Waals surface area contributed by atoms with Crippen molar-refractivity contribution in [1.29, 1.82) is 0 Å². The predicted octanol–water partition coefficient (Wildman–Crippen LogP) is 4.71. The number of aromatic nitrogens is 3. The zero-order valence-electron chi connectivity index (χ0n) is 22.3. The lowest BCUT2D eigenvalue weighted by Crippen LogP contribution is -2.49. The molecule has 2 aromatic carbocycles. The molecule has 3 heterocycles. The molecular weight excluding hydrogens is 538 g/mol. The van der Waals surface area contributed by atoms with Crippen molar-refractivity contribution in [2.75, 3.05) is 31.1 Å². The van der Waals surface area contributed by atoms with Crippen LogP contribution in [-0.4, -0.2) is 52.2 Å². The fourth-order valence-corrected chi connectivity index (χ4v) is 4.92. The Hall–Kier alpha value is -4.72. The molecule has 41 heavy (non-hydrogen) atoms. The Morgan fingerprint density at radius 3 is 2.49 bits per heavy atom. The summed E-state index contributed by atoms with van der Waals surface area (Å²) in [6.45, 7) is 5.23. The molecule has 0 aliphatic carbocycles. The third-order valence-electron chi connectivity index (χ3n) is 6.96. The largest absolute Gasteiger partial charge is 0.417 e. The predicted molar refractivity (Wildman–Crippen MR) is 146 cm³/mol. The van der Waals surface area contributed by atoms with Crippen LogP contribution in [0.4, 0.5) is 23.4 Å². The smallest absolute Gasteiger partial charge is 0.353 e. The number of hydrogen-bond donors (Lipinski definition) is 1. The van der Waals surface area contributed by atoms with Crippen LogP contribution in [0.2, 0.25) is 0 Å². The highest BCUT2D eigenvalue weighted by Gasteiger charge is 2.35. The van der Waals surface area contributed by atoms with Crippen LogP contribution in [0, 0.1) is 24.6 Å². The second-order valence-electron chi connectivity index (χ2n) is 9.78. The van der Waals surface area contributed by atoms with Gasteiger partial charge in [-0.3, -0.25) is 9.59 Å². The molecular formula is C30H25F4N5O2. The number of aromatic amines is 1. The average Bonchev–Trinajstić information content (AvgIpc) is 2.95. The normalized spacial score (nSPS) is 13.7. The first-order valence-corrected chi connectivity index (χ1v) is 12.9. The highest BCUT2D eigenvalue weighted by molar-refractivity contribution is 5.95. The summed E-state index contributed by atoms with van der Waals surface area (Å²) in [6, 6.07) is 10.1. The van der Waals surface area contributed by atoms with Crippen LogP contribution in [0.1, 0.15) is 45.2 Å². The van der Waals surface area contributed by atoms with Crippen LogP contribution in [0.5, 0.6) is 0 Å². The van der Waals surface area contributed by atoms with Gasteiger partial charge < -0.3 is 9.80 Å². The van der Waals surface area contributed by atoms with Gasteiger partial charge in [0.2, 0.25) is 0 Å². The van der Waals surface area contributed by atoms with Crippen LogP contribution in [-0.2, 0) is 12.6 Å². The van der Waals surface area contributed by atoms with Crippen LogP contribution < -0.4 is 10.5 Å². The van der Waals surface area contributed by atoms with Crippen LogP contribution in [0.3, 0.4) is 0 Å². The van der Waals surface area contributed by atoms with Gasteiger partial charge in [-0.15, -0.1) is 5.92 Å². The Balaban J connectivity index is 1.43. The number of carbonyl (C=O) groups excluding carboxylic acids is 1. The van der Waals surface area contributed by atoms with Crippen molar-refractivity contribution in [3.8, 4) is 11.8 Å². The number of fused-ring (bicyclic) bond motifs is 1. The molecule has 1 N–H and O–H groups in total. The number of piperazine rings is 1. The van der Waals surface area contributed by atoms with E-state index < -0.39 is 34.4 Å². The maximum atomic E-state index is 14.8. The molecule has 0 saturated carbocycles. The number of hydrogen-bond acceptors (Lipinski definition) is 5. The molecule has 1 fully saturated rings. The van der Waals surface area contributed by atoms with Crippen molar-refractivity contribution in [3.05, 3.63) is 98.3 Å². The number of H-pyrrole nitrogens is 1. The molecule has 11 heteroatoms. The molecule has 1 amide bonds. The topological polar surface area (TPSA) is 82.2 Å². The van der Waals surface area contributed by atoms with Crippen LogP contribution in [0.15, 0.2) is 53.5 Å². The molecule has 0 unspecified atom stereocenters. The fraction of sp³-hybridized carbons (Fsp3) is 0.267. The van der Waals surface area contributed by atoms with Gasteiger partial charge in [0, 0.05) is 49.7 Å². The van der Waals surface area contributed by atoms with Gasteiger partial charge in [0.25, 0.3) is 11.5 Å². The Kier molecular flexibility index (Phi) is 7.49. The molecule has 4 aromatic rings. The number of carbonyl (C=O) groups is 1. The van der Waals surface area contributed by atoms with E-state index in [2.05, 4.69) is 31.9 Å². The molecule has 0 atom stereocenters. The molecule has 7 nitrogen and oxygen atoms in total. The number of aryl methyl sites for hydroxylation is 1. The lowest BCUT2D eigenvalue weighted by molar-refractivity contribution is -0.136. The zero-order chi connectivity index (χ0) is 29.3. The Morgan fingerprint density at radius 1 is 1.07 bits per heavy atom. The standard InChI is InChI=1S/C30H25F4N5O2/c1-3-4-19-14-22-25(36-37-28(40)27(22)23(15-19)30(32,33)34)16-20-6-7-24(31)21(13-20)29(41)39-11-9-38(10-12-39)26-8-5-18(2)17-35-26/h5-8,13-15,17H,9-12,16H2,1-2H3,(H,37,40). The summed E-state index contributed by atoms with van der Waals surface area (Å²) in [4.78, 5) is 33.8. The summed E-state index contributed by atoms with van der Waals surface area (Å²) in [5, 5.41) is 5.58. The minimum absolute atomic E-state index is 0.0145. The number of anilines is 1. The van der Waals surface area contributed by atoms with Crippen LogP contribution in [0.25, 0.3) is 10.8 Å². The quantitative estimate of drug-likeness (QED) is 0.287. The Bertz CT molecular complexity index is 1750. The fourth-order valence-electron chi connectivity index (χ4n) is 4.92. The van der Waals surface area contributed by atoms with E-state index in [-0.39, 0.29) is 28.6 Å². The van der Waals surface area contributed by atoms with E-state index in [0.717, 1.165) is 23.5 Å². The summed E-state index contributed by atoms with van der Waals surface area (Å²) in [5.74, 6) is 4.79. The monoisotopic (exact) mass is 563 g/mol. The maximum absolute atomic E-state index is 14.8. The first kappa shape index (κ1) is 27.8. The van der Waals surface area contributed by atoms with Gasteiger partial charge in [-0.25, -0.2) is 14.5 Å². The SMILES string of the molecule is CC#Cc1cc(C(F)(F)F)c2c(=O)[nH]nc(Cc3ccc(F)c(C(=O)N4CCN(c5ccc(C)cn5)CC4)c3)c2c1. The van der Waals surface area contributed by atoms with Gasteiger partial charge in [0.15, 0.2) is 0 Å². The minimum atomic E-state index is -4.80. The third-order valence-corrected chi connectivity index (χ3v) is 6.96. The molecule has 1 aliphatic rings. The van der Waals surface area contributed by atoms with Crippen molar-refractivity contribution in [2.45, 2.75) is 26.4 Å². The molecule has 0 spiro atoms. The number of pyridine rings is 1. The minimum Gasteiger partial charge on any atom is -0.353 e. The number of amides is 1. The Morgan fingerprint density at radius 2 is 1.83 bits per heavy atom. The van der Waals surface area contributed by atoms with Crippen molar-refractivity contribution < 1.29 is 22.4 Å². The van der Waals surface area contributed by atoms with Crippen molar-refractivity contribution in [3.63, 3.8) is 0 Å². The van der Waals surface area contributed by atoms with Gasteiger partial charge in [-0.2, -0.15) is 18.3 Å². The number of halogens is 4. The second kappa shape index (κ2) is 11.0. The summed E-state index contributed by atoms with van der Waals surface area (Å²) < 4.78 is 56.4. The molecule has 1 aliphatic heterocycles. The molecule has 0 bridgehead atoms. The Labute approximate surface area is 232 Å². The number of nitrogens with zero attached hydrogens (tertiary/aromatic N) is 4. The van der Waals surface area contributed by atoms with Crippen molar-refractivity contribution in [2.24, 2.45) is 0 Å². The lowest BCUT2D eigenvalue weighted by Gasteiger charge is -2.35. The summed E-state index contributed by atoms with van der Waals surface area (Å²) >= 11 is 0. The van der Waals surface area contributed by atoms with Gasteiger partial charge >= 0.3 is 6.18 Å². The molecule has 2 aromatic heterocycles. The molecule has 5 rings (SSSR count). The lowest BCUT2D eigenvalue weighted by atomic mass is 9.97. The number of rotatable bonds is 4. The van der Waals surface area contributed by atoms with Crippen molar-refractivity contribution in [1.82, 2.24) is 20.1 Å². The van der Waals surface area contributed by atoms with E-state index >= 15 is 0 Å². The zero-order valence-corrected chi connectivity index (χ0v) is 22.3. The number of nitrogens with one attached hydrogen (secondary N) is 1. The number of alkyl halides is 3. The van der Waals surface area contributed by atoms with E-state index in [1.807, 2.05) is 19.1 Å². The van der Waals surface area contributed by atoms with Gasteiger partial charge in [-0.05, 0) is 55.3 Å². The average molecular weight is 564 g/mol. The second-order valence-corrected chi connectivity index (χ2v) is 9.78. The van der Waals surface area contributed by atoms with Gasteiger partial charge in [0.05, 0.1) is 22.2 Å². The van der Waals surface area contributed by atoms with E-state index in [9.17, 15) is 27.2 Å². The molecule has 1 saturated heterocycles. The van der Waals surface area contributed by atoms with Crippen molar-refractivity contribution >= 4 is 22.5 Å². The molecule has 210 valence electrons.